The predicted octanol–water partition coefficient (Wildman–Crippen LogP) is 2.94. The van der Waals surface area contributed by atoms with Crippen LogP contribution >= 0.6 is 0 Å². The molecule has 0 amide bonds. The minimum atomic E-state index is -4.46. The zero-order chi connectivity index (χ0) is 10.8. The maximum Gasteiger partial charge on any atom is 0.405 e. The van der Waals surface area contributed by atoms with Gasteiger partial charge in [-0.05, 0) is 12.1 Å². The summed E-state index contributed by atoms with van der Waals surface area (Å²) in [4.78, 5) is 0. The largest absolute Gasteiger partial charge is 0.405 e. The summed E-state index contributed by atoms with van der Waals surface area (Å²) in [6.45, 7) is -1.40. The van der Waals surface area contributed by atoms with Crippen LogP contribution in [-0.2, 0) is 0 Å². The second kappa shape index (κ2) is 3.81. The highest BCUT2D eigenvalue weighted by molar-refractivity contribution is 5.44. The molecule has 0 aliphatic heterocycles. The fourth-order valence-electron chi connectivity index (χ4n) is 0.836. The van der Waals surface area contributed by atoms with E-state index in [0.717, 1.165) is 18.2 Å². The molecule has 0 heterocycles. The number of halogens is 5. The van der Waals surface area contributed by atoms with Crippen LogP contribution in [0.15, 0.2) is 18.2 Å². The summed E-state index contributed by atoms with van der Waals surface area (Å²) in [6, 6.07) is 2.98. The second-order valence-electron chi connectivity index (χ2n) is 2.57. The average Bonchev–Trinajstić information content (AvgIpc) is 2.06. The van der Waals surface area contributed by atoms with E-state index in [2.05, 4.69) is 0 Å². The van der Waals surface area contributed by atoms with E-state index in [0.29, 0.717) is 0 Å². The zero-order valence-corrected chi connectivity index (χ0v) is 6.83. The first kappa shape index (κ1) is 10.7. The molecule has 0 saturated carbocycles. The first-order chi connectivity index (χ1) is 6.40. The Hall–Kier alpha value is -1.33. The van der Waals surface area contributed by atoms with Gasteiger partial charge in [-0.3, -0.25) is 0 Å². The average molecular weight is 211 g/mol. The van der Waals surface area contributed by atoms with Crippen molar-refractivity contribution in [2.45, 2.75) is 6.18 Å². The molecule has 14 heavy (non-hydrogen) atoms. The van der Waals surface area contributed by atoms with E-state index in [1.807, 2.05) is 0 Å². The molecular weight excluding hydrogens is 205 g/mol. The number of benzene rings is 1. The summed E-state index contributed by atoms with van der Waals surface area (Å²) in [6.07, 6.45) is -4.46. The Morgan fingerprint density at radius 3 is 2.36 bits per heavy atom. The van der Waals surface area contributed by atoms with Crippen molar-refractivity contribution in [2.75, 3.05) is 11.9 Å². The Bertz CT molecular complexity index is 320. The first-order valence-electron chi connectivity index (χ1n) is 3.65. The van der Waals surface area contributed by atoms with Gasteiger partial charge >= 0.3 is 6.18 Å². The van der Waals surface area contributed by atoms with Crippen molar-refractivity contribution in [3.63, 3.8) is 0 Å². The molecule has 0 aliphatic carbocycles. The molecule has 0 atom stereocenters. The van der Waals surface area contributed by atoms with Gasteiger partial charge in [0.25, 0.3) is 0 Å². The van der Waals surface area contributed by atoms with Crippen LogP contribution < -0.4 is 5.32 Å². The summed E-state index contributed by atoms with van der Waals surface area (Å²) >= 11 is 0. The third-order valence-electron chi connectivity index (χ3n) is 1.43. The van der Waals surface area contributed by atoms with Gasteiger partial charge in [0.1, 0.15) is 6.54 Å². The quantitative estimate of drug-likeness (QED) is 0.741. The molecule has 1 nitrogen and oxygen atoms in total. The minimum absolute atomic E-state index is 0.498. The SMILES string of the molecule is Fc1cccc(NCC(F)(F)F)c1F. The van der Waals surface area contributed by atoms with Gasteiger partial charge < -0.3 is 5.32 Å². The van der Waals surface area contributed by atoms with Crippen LogP contribution in [0.25, 0.3) is 0 Å². The van der Waals surface area contributed by atoms with E-state index in [1.54, 1.807) is 5.32 Å². The number of rotatable bonds is 2. The van der Waals surface area contributed by atoms with Crippen molar-refractivity contribution in [1.82, 2.24) is 0 Å². The lowest BCUT2D eigenvalue weighted by molar-refractivity contribution is -0.115. The predicted molar refractivity (Wildman–Crippen MR) is 40.9 cm³/mol. The van der Waals surface area contributed by atoms with Gasteiger partial charge in [-0.15, -0.1) is 0 Å². The molecule has 1 rings (SSSR count). The van der Waals surface area contributed by atoms with E-state index < -0.39 is 30.0 Å². The lowest BCUT2D eigenvalue weighted by Crippen LogP contribution is -2.21. The van der Waals surface area contributed by atoms with E-state index in [-0.39, 0.29) is 0 Å². The Kier molecular flexibility index (Phi) is 2.93. The Balaban J connectivity index is 2.73. The number of hydrogen-bond acceptors (Lipinski definition) is 1. The molecule has 0 fully saturated rings. The normalized spacial score (nSPS) is 11.5. The number of hydrogen-bond donors (Lipinski definition) is 1. The van der Waals surface area contributed by atoms with Crippen molar-refractivity contribution in [1.29, 1.82) is 0 Å². The fourth-order valence-corrected chi connectivity index (χ4v) is 0.836. The third kappa shape index (κ3) is 2.86. The molecule has 78 valence electrons. The van der Waals surface area contributed by atoms with Crippen molar-refractivity contribution < 1.29 is 22.0 Å². The summed E-state index contributed by atoms with van der Waals surface area (Å²) in [5, 5.41) is 1.75. The van der Waals surface area contributed by atoms with Crippen LogP contribution in [0.4, 0.5) is 27.6 Å². The lowest BCUT2D eigenvalue weighted by atomic mass is 10.3. The molecule has 0 saturated heterocycles. The number of alkyl halides is 3. The zero-order valence-electron chi connectivity index (χ0n) is 6.83. The van der Waals surface area contributed by atoms with E-state index in [9.17, 15) is 22.0 Å². The fraction of sp³-hybridized carbons (Fsp3) is 0.250. The molecule has 1 aromatic rings. The summed E-state index contributed by atoms with van der Waals surface area (Å²) in [5.74, 6) is -2.49. The molecular formula is C8H6F5N. The monoisotopic (exact) mass is 211 g/mol. The van der Waals surface area contributed by atoms with Gasteiger partial charge in [-0.2, -0.15) is 13.2 Å². The Morgan fingerprint density at radius 1 is 1.14 bits per heavy atom. The maximum absolute atomic E-state index is 12.8. The number of nitrogens with one attached hydrogen (secondary N) is 1. The highest BCUT2D eigenvalue weighted by Gasteiger charge is 2.27. The molecule has 0 radical (unpaired) electrons. The van der Waals surface area contributed by atoms with Gasteiger partial charge in [-0.1, -0.05) is 6.07 Å². The van der Waals surface area contributed by atoms with Gasteiger partial charge in [0, 0.05) is 0 Å². The minimum Gasteiger partial charge on any atom is -0.374 e. The van der Waals surface area contributed by atoms with E-state index >= 15 is 0 Å². The van der Waals surface area contributed by atoms with Crippen LogP contribution in [0.3, 0.4) is 0 Å². The topological polar surface area (TPSA) is 12.0 Å². The Labute approximate surface area is 76.5 Å². The van der Waals surface area contributed by atoms with Crippen molar-refractivity contribution >= 4 is 5.69 Å². The van der Waals surface area contributed by atoms with Crippen LogP contribution in [0, 0.1) is 11.6 Å². The van der Waals surface area contributed by atoms with Gasteiger partial charge in [0.15, 0.2) is 11.6 Å². The maximum atomic E-state index is 12.8. The Morgan fingerprint density at radius 2 is 1.79 bits per heavy atom. The van der Waals surface area contributed by atoms with Gasteiger partial charge in [0.2, 0.25) is 0 Å². The third-order valence-corrected chi connectivity index (χ3v) is 1.43. The summed E-state index contributed by atoms with van der Waals surface area (Å²) < 4.78 is 60.4. The molecule has 1 N–H and O–H groups in total. The van der Waals surface area contributed by atoms with Crippen molar-refractivity contribution in [3.05, 3.63) is 29.8 Å². The van der Waals surface area contributed by atoms with Crippen LogP contribution in [0.5, 0.6) is 0 Å². The molecule has 0 unspecified atom stereocenters. The van der Waals surface area contributed by atoms with Crippen LogP contribution in [0.1, 0.15) is 0 Å². The number of anilines is 1. The molecule has 0 spiro atoms. The van der Waals surface area contributed by atoms with Crippen molar-refractivity contribution in [2.24, 2.45) is 0 Å². The molecule has 6 heteroatoms. The smallest absolute Gasteiger partial charge is 0.374 e. The standard InChI is InChI=1S/C8H6F5N/c9-5-2-1-3-6(7(5)10)14-4-8(11,12)13/h1-3,14H,4H2. The molecule has 0 aliphatic rings. The van der Waals surface area contributed by atoms with Crippen molar-refractivity contribution in [3.8, 4) is 0 Å². The van der Waals surface area contributed by atoms with Gasteiger partial charge in [-0.25, -0.2) is 8.78 Å². The van der Waals surface area contributed by atoms with E-state index in [1.165, 1.54) is 0 Å². The molecule has 0 bridgehead atoms. The highest BCUT2D eigenvalue weighted by atomic mass is 19.4. The lowest BCUT2D eigenvalue weighted by Gasteiger charge is -2.10. The second-order valence-corrected chi connectivity index (χ2v) is 2.57. The van der Waals surface area contributed by atoms with Crippen LogP contribution in [-0.4, -0.2) is 12.7 Å². The first-order valence-corrected chi connectivity index (χ1v) is 3.65. The summed E-state index contributed by atoms with van der Waals surface area (Å²) in [5.41, 5.74) is -0.498. The molecule has 0 aromatic heterocycles. The van der Waals surface area contributed by atoms with Crippen LogP contribution in [0.2, 0.25) is 0 Å². The molecule has 1 aromatic carbocycles. The summed E-state index contributed by atoms with van der Waals surface area (Å²) in [7, 11) is 0. The van der Waals surface area contributed by atoms with E-state index in [4.69, 9.17) is 0 Å². The van der Waals surface area contributed by atoms with Gasteiger partial charge in [0.05, 0.1) is 5.69 Å². The highest BCUT2D eigenvalue weighted by Crippen LogP contribution is 2.20.